The Morgan fingerprint density at radius 1 is 1.04 bits per heavy atom. The quantitative estimate of drug-likeness (QED) is 0.745. The second kappa shape index (κ2) is 8.47. The van der Waals surface area contributed by atoms with Gasteiger partial charge >= 0.3 is 0 Å². The van der Waals surface area contributed by atoms with Gasteiger partial charge < -0.3 is 15.4 Å². The van der Waals surface area contributed by atoms with Crippen LogP contribution in [0, 0.1) is 0 Å². The Morgan fingerprint density at radius 3 is 2.35 bits per heavy atom. The third-order valence-corrected chi connectivity index (χ3v) is 2.92. The molecule has 2 amide bonds. The molecule has 1 aromatic heterocycles. The van der Waals surface area contributed by atoms with Crippen LogP contribution in [0.25, 0.3) is 0 Å². The van der Waals surface area contributed by atoms with Gasteiger partial charge in [0, 0.05) is 31.0 Å². The SMILES string of the molecule is CCOc1ccc(C(=O)NCCNC(=O)c2cnccn2)cc1. The number of rotatable bonds is 7. The Balaban J connectivity index is 1.73. The van der Waals surface area contributed by atoms with Crippen LogP contribution in [0.5, 0.6) is 5.75 Å². The summed E-state index contributed by atoms with van der Waals surface area (Å²) in [7, 11) is 0. The average Bonchev–Trinajstić information content (AvgIpc) is 2.60. The summed E-state index contributed by atoms with van der Waals surface area (Å²) in [6, 6.07) is 6.87. The van der Waals surface area contributed by atoms with Crippen molar-refractivity contribution >= 4 is 11.8 Å². The van der Waals surface area contributed by atoms with E-state index in [-0.39, 0.29) is 17.5 Å². The summed E-state index contributed by atoms with van der Waals surface area (Å²) in [5.74, 6) is 0.190. The number of nitrogens with one attached hydrogen (secondary N) is 2. The molecule has 2 rings (SSSR count). The van der Waals surface area contributed by atoms with Gasteiger partial charge in [-0.3, -0.25) is 14.6 Å². The van der Waals surface area contributed by atoms with E-state index in [0.29, 0.717) is 25.3 Å². The van der Waals surface area contributed by atoms with Gasteiger partial charge in [0.05, 0.1) is 12.8 Å². The monoisotopic (exact) mass is 314 g/mol. The van der Waals surface area contributed by atoms with Gasteiger partial charge in [0.25, 0.3) is 11.8 Å². The van der Waals surface area contributed by atoms with E-state index < -0.39 is 0 Å². The lowest BCUT2D eigenvalue weighted by Crippen LogP contribution is -2.35. The first-order valence-corrected chi connectivity index (χ1v) is 7.26. The Bertz CT molecular complexity index is 644. The highest BCUT2D eigenvalue weighted by molar-refractivity contribution is 5.94. The van der Waals surface area contributed by atoms with Crippen LogP contribution in [-0.2, 0) is 0 Å². The number of nitrogens with zero attached hydrogens (tertiary/aromatic N) is 2. The number of ether oxygens (including phenoxy) is 1. The van der Waals surface area contributed by atoms with Crippen molar-refractivity contribution in [2.45, 2.75) is 6.92 Å². The molecule has 2 N–H and O–H groups in total. The summed E-state index contributed by atoms with van der Waals surface area (Å²) in [4.78, 5) is 31.4. The van der Waals surface area contributed by atoms with Crippen LogP contribution in [0.3, 0.4) is 0 Å². The van der Waals surface area contributed by atoms with Crippen LogP contribution in [0.1, 0.15) is 27.8 Å². The van der Waals surface area contributed by atoms with Crippen molar-refractivity contribution in [2.75, 3.05) is 19.7 Å². The highest BCUT2D eigenvalue weighted by Crippen LogP contribution is 2.11. The summed E-state index contributed by atoms with van der Waals surface area (Å²) in [6.45, 7) is 3.10. The van der Waals surface area contributed by atoms with E-state index in [9.17, 15) is 9.59 Å². The van der Waals surface area contributed by atoms with E-state index in [0.717, 1.165) is 5.75 Å². The largest absolute Gasteiger partial charge is 0.494 e. The van der Waals surface area contributed by atoms with Crippen molar-refractivity contribution in [3.63, 3.8) is 0 Å². The van der Waals surface area contributed by atoms with Gasteiger partial charge in [0.15, 0.2) is 0 Å². The fourth-order valence-electron chi connectivity index (χ4n) is 1.83. The first kappa shape index (κ1) is 16.4. The minimum absolute atomic E-state index is 0.207. The molecular formula is C16H18N4O3. The number of carbonyl (C=O) groups excluding carboxylic acids is 2. The summed E-state index contributed by atoms with van der Waals surface area (Å²) in [5.41, 5.74) is 0.777. The number of aromatic nitrogens is 2. The molecule has 7 nitrogen and oxygen atoms in total. The molecule has 120 valence electrons. The molecule has 23 heavy (non-hydrogen) atoms. The molecule has 0 unspecified atom stereocenters. The highest BCUT2D eigenvalue weighted by atomic mass is 16.5. The Kier molecular flexibility index (Phi) is 6.05. The van der Waals surface area contributed by atoms with Crippen molar-refractivity contribution < 1.29 is 14.3 Å². The van der Waals surface area contributed by atoms with Crippen LogP contribution in [0.2, 0.25) is 0 Å². The first-order valence-electron chi connectivity index (χ1n) is 7.26. The predicted octanol–water partition coefficient (Wildman–Crippen LogP) is 1.04. The van der Waals surface area contributed by atoms with Crippen LogP contribution < -0.4 is 15.4 Å². The Morgan fingerprint density at radius 2 is 1.74 bits per heavy atom. The Hall–Kier alpha value is -2.96. The lowest BCUT2D eigenvalue weighted by atomic mass is 10.2. The molecule has 0 bridgehead atoms. The molecule has 7 heteroatoms. The van der Waals surface area contributed by atoms with E-state index in [1.807, 2.05) is 6.92 Å². The molecule has 0 aliphatic rings. The van der Waals surface area contributed by atoms with Gasteiger partial charge in [0.1, 0.15) is 11.4 Å². The molecule has 2 aromatic rings. The standard InChI is InChI=1S/C16H18N4O3/c1-2-23-13-5-3-12(4-6-13)15(21)19-9-10-20-16(22)14-11-17-7-8-18-14/h3-8,11H,2,9-10H2,1H3,(H,19,21)(H,20,22). The predicted molar refractivity (Wildman–Crippen MR) is 84.3 cm³/mol. The number of hydrogen-bond acceptors (Lipinski definition) is 5. The van der Waals surface area contributed by atoms with Crippen LogP contribution >= 0.6 is 0 Å². The fourth-order valence-corrected chi connectivity index (χ4v) is 1.83. The van der Waals surface area contributed by atoms with Crippen molar-refractivity contribution in [2.24, 2.45) is 0 Å². The van der Waals surface area contributed by atoms with Crippen molar-refractivity contribution in [3.8, 4) is 5.75 Å². The van der Waals surface area contributed by atoms with E-state index in [1.54, 1.807) is 24.3 Å². The summed E-state index contributed by atoms with van der Waals surface area (Å²) >= 11 is 0. The minimum atomic E-state index is -0.326. The molecule has 0 atom stereocenters. The smallest absolute Gasteiger partial charge is 0.271 e. The van der Waals surface area contributed by atoms with E-state index >= 15 is 0 Å². The van der Waals surface area contributed by atoms with Gasteiger partial charge in [-0.1, -0.05) is 0 Å². The van der Waals surface area contributed by atoms with Crippen molar-refractivity contribution in [1.29, 1.82) is 0 Å². The minimum Gasteiger partial charge on any atom is -0.494 e. The summed E-state index contributed by atoms with van der Waals surface area (Å²) < 4.78 is 5.32. The van der Waals surface area contributed by atoms with Gasteiger partial charge in [-0.25, -0.2) is 4.98 Å². The van der Waals surface area contributed by atoms with Crippen molar-refractivity contribution in [1.82, 2.24) is 20.6 Å². The maximum absolute atomic E-state index is 11.9. The molecule has 0 saturated carbocycles. The molecule has 0 spiro atoms. The van der Waals surface area contributed by atoms with Crippen LogP contribution in [0.15, 0.2) is 42.9 Å². The topological polar surface area (TPSA) is 93.2 Å². The molecule has 0 aliphatic heterocycles. The van der Waals surface area contributed by atoms with Crippen LogP contribution in [-0.4, -0.2) is 41.5 Å². The second-order valence-corrected chi connectivity index (χ2v) is 4.56. The van der Waals surface area contributed by atoms with Gasteiger partial charge in [-0.15, -0.1) is 0 Å². The van der Waals surface area contributed by atoms with Crippen LogP contribution in [0.4, 0.5) is 0 Å². The zero-order valence-electron chi connectivity index (χ0n) is 12.8. The molecular weight excluding hydrogens is 296 g/mol. The molecule has 0 aliphatic carbocycles. The van der Waals surface area contributed by atoms with E-state index in [2.05, 4.69) is 20.6 Å². The zero-order valence-corrected chi connectivity index (χ0v) is 12.8. The number of amides is 2. The zero-order chi connectivity index (χ0) is 16.5. The lowest BCUT2D eigenvalue weighted by molar-refractivity contribution is 0.0925. The normalized spacial score (nSPS) is 9.96. The van der Waals surface area contributed by atoms with Gasteiger partial charge in [-0.05, 0) is 31.2 Å². The maximum atomic E-state index is 11.9. The third kappa shape index (κ3) is 5.06. The van der Waals surface area contributed by atoms with Gasteiger partial charge in [-0.2, -0.15) is 0 Å². The highest BCUT2D eigenvalue weighted by Gasteiger charge is 2.07. The average molecular weight is 314 g/mol. The van der Waals surface area contributed by atoms with E-state index in [1.165, 1.54) is 18.6 Å². The Labute approximate surface area is 134 Å². The second-order valence-electron chi connectivity index (χ2n) is 4.56. The molecule has 0 radical (unpaired) electrons. The molecule has 0 fully saturated rings. The third-order valence-electron chi connectivity index (χ3n) is 2.92. The fraction of sp³-hybridized carbons (Fsp3) is 0.250. The first-order chi connectivity index (χ1) is 11.2. The van der Waals surface area contributed by atoms with Gasteiger partial charge in [0.2, 0.25) is 0 Å². The summed E-state index contributed by atoms with van der Waals surface area (Å²) in [5, 5.41) is 5.38. The molecule has 1 aromatic carbocycles. The molecule has 1 heterocycles. The number of hydrogen-bond donors (Lipinski definition) is 2. The molecule has 0 saturated heterocycles. The summed E-state index contributed by atoms with van der Waals surface area (Å²) in [6.07, 6.45) is 4.32. The van der Waals surface area contributed by atoms with Crippen molar-refractivity contribution in [3.05, 3.63) is 54.1 Å². The number of carbonyl (C=O) groups is 2. The lowest BCUT2D eigenvalue weighted by Gasteiger charge is -2.07. The maximum Gasteiger partial charge on any atom is 0.271 e. The van der Waals surface area contributed by atoms with E-state index in [4.69, 9.17) is 4.74 Å². The number of benzene rings is 1.